The van der Waals surface area contributed by atoms with E-state index in [1.165, 1.54) is 19.3 Å². The monoisotopic (exact) mass is 214 g/mol. The first-order chi connectivity index (χ1) is 7.01. The van der Waals surface area contributed by atoms with Gasteiger partial charge in [0.05, 0.1) is 6.10 Å². The quantitative estimate of drug-likeness (QED) is 0.545. The van der Waals surface area contributed by atoms with Crippen molar-refractivity contribution in [3.63, 3.8) is 0 Å². The molecule has 15 heavy (non-hydrogen) atoms. The fraction of sp³-hybridized carbons (Fsp3) is 1.00. The van der Waals surface area contributed by atoms with Crippen molar-refractivity contribution in [3.8, 4) is 0 Å². The van der Waals surface area contributed by atoms with E-state index in [1.54, 1.807) is 0 Å². The fourth-order valence-corrected chi connectivity index (χ4v) is 2.02. The molecule has 1 aliphatic heterocycles. The second-order valence-corrected chi connectivity index (χ2v) is 5.83. The van der Waals surface area contributed by atoms with Crippen molar-refractivity contribution in [1.82, 2.24) is 5.43 Å². The maximum absolute atomic E-state index is 5.62. The van der Waals surface area contributed by atoms with E-state index in [0.717, 1.165) is 19.4 Å². The summed E-state index contributed by atoms with van der Waals surface area (Å²) in [4.78, 5) is 0. The van der Waals surface area contributed by atoms with Gasteiger partial charge in [-0.2, -0.15) is 0 Å². The van der Waals surface area contributed by atoms with Crippen LogP contribution in [0.3, 0.4) is 0 Å². The minimum Gasteiger partial charge on any atom is -0.378 e. The molecule has 0 saturated carbocycles. The fourth-order valence-electron chi connectivity index (χ4n) is 2.02. The largest absolute Gasteiger partial charge is 0.378 e. The number of hydrogen-bond acceptors (Lipinski definition) is 3. The molecule has 2 atom stereocenters. The average Bonchev–Trinajstić information content (AvgIpc) is 2.63. The van der Waals surface area contributed by atoms with E-state index in [2.05, 4.69) is 26.2 Å². The maximum Gasteiger partial charge on any atom is 0.0591 e. The lowest BCUT2D eigenvalue weighted by Crippen LogP contribution is -2.38. The van der Waals surface area contributed by atoms with Crippen LogP contribution in [-0.4, -0.2) is 18.8 Å². The molecule has 90 valence electrons. The number of ether oxygens (including phenoxy) is 1. The molecule has 3 N–H and O–H groups in total. The van der Waals surface area contributed by atoms with Crippen LogP contribution in [0.1, 0.15) is 52.9 Å². The number of hydrogen-bond donors (Lipinski definition) is 2. The van der Waals surface area contributed by atoms with Gasteiger partial charge in [0.15, 0.2) is 0 Å². The lowest BCUT2D eigenvalue weighted by molar-refractivity contribution is 0.0920. The van der Waals surface area contributed by atoms with Crippen LogP contribution in [0.5, 0.6) is 0 Å². The molecule has 0 aromatic rings. The molecule has 0 bridgehead atoms. The Balaban J connectivity index is 2.22. The molecule has 0 amide bonds. The molecule has 2 unspecified atom stereocenters. The van der Waals surface area contributed by atoms with Crippen molar-refractivity contribution in [1.29, 1.82) is 0 Å². The Bertz CT molecular complexity index is 171. The van der Waals surface area contributed by atoms with E-state index in [0.29, 0.717) is 17.6 Å². The molecule has 1 saturated heterocycles. The predicted molar refractivity (Wildman–Crippen MR) is 63.4 cm³/mol. The van der Waals surface area contributed by atoms with Crippen molar-refractivity contribution in [2.75, 3.05) is 6.61 Å². The lowest BCUT2D eigenvalue weighted by atomic mass is 9.87. The van der Waals surface area contributed by atoms with Gasteiger partial charge in [-0.3, -0.25) is 11.3 Å². The van der Waals surface area contributed by atoms with Gasteiger partial charge in [-0.05, 0) is 37.5 Å². The van der Waals surface area contributed by atoms with Crippen LogP contribution >= 0.6 is 0 Å². The second-order valence-electron chi connectivity index (χ2n) is 5.83. The summed E-state index contributed by atoms with van der Waals surface area (Å²) in [6.45, 7) is 7.74. The smallest absolute Gasteiger partial charge is 0.0591 e. The normalized spacial score (nSPS) is 24.4. The van der Waals surface area contributed by atoms with E-state index >= 15 is 0 Å². The van der Waals surface area contributed by atoms with Crippen LogP contribution < -0.4 is 11.3 Å². The molecule has 1 rings (SSSR count). The zero-order chi connectivity index (χ0) is 11.3. The lowest BCUT2D eigenvalue weighted by Gasteiger charge is -2.24. The molecule has 0 aliphatic carbocycles. The maximum atomic E-state index is 5.62. The molecule has 0 radical (unpaired) electrons. The van der Waals surface area contributed by atoms with Crippen molar-refractivity contribution in [2.24, 2.45) is 11.3 Å². The first-order valence-electron chi connectivity index (χ1n) is 6.09. The Labute approximate surface area is 93.7 Å². The van der Waals surface area contributed by atoms with E-state index in [-0.39, 0.29) is 0 Å². The summed E-state index contributed by atoms with van der Waals surface area (Å²) in [6.07, 6.45) is 6.25. The van der Waals surface area contributed by atoms with Crippen molar-refractivity contribution in [2.45, 2.75) is 65.0 Å². The highest BCUT2D eigenvalue weighted by molar-refractivity contribution is 4.75. The molecule has 0 aromatic carbocycles. The van der Waals surface area contributed by atoms with E-state index in [4.69, 9.17) is 10.6 Å². The zero-order valence-corrected chi connectivity index (χ0v) is 10.4. The third kappa shape index (κ3) is 5.50. The standard InChI is InChI=1S/C12H26N2O/c1-12(2,3)7-6-10(14-13)9-11-5-4-8-15-11/h10-11,14H,4-9,13H2,1-3H3. The summed E-state index contributed by atoms with van der Waals surface area (Å²) < 4.78 is 5.62. The van der Waals surface area contributed by atoms with Crippen molar-refractivity contribution < 1.29 is 4.74 Å². The van der Waals surface area contributed by atoms with Crippen LogP contribution in [-0.2, 0) is 4.74 Å². The minimum atomic E-state index is 0.394. The summed E-state index contributed by atoms with van der Waals surface area (Å²) in [7, 11) is 0. The summed E-state index contributed by atoms with van der Waals surface area (Å²) in [5.41, 5.74) is 3.32. The first kappa shape index (κ1) is 12.9. The van der Waals surface area contributed by atoms with E-state index < -0.39 is 0 Å². The van der Waals surface area contributed by atoms with Crippen LogP contribution in [0.15, 0.2) is 0 Å². The topological polar surface area (TPSA) is 47.3 Å². The zero-order valence-electron chi connectivity index (χ0n) is 10.4. The summed E-state index contributed by atoms with van der Waals surface area (Å²) >= 11 is 0. The van der Waals surface area contributed by atoms with Crippen molar-refractivity contribution in [3.05, 3.63) is 0 Å². The van der Waals surface area contributed by atoms with Gasteiger partial charge in [-0.25, -0.2) is 0 Å². The number of nitrogens with two attached hydrogens (primary N) is 1. The van der Waals surface area contributed by atoms with Gasteiger partial charge in [0.1, 0.15) is 0 Å². The summed E-state index contributed by atoms with van der Waals surface area (Å²) in [6, 6.07) is 0.410. The van der Waals surface area contributed by atoms with Gasteiger partial charge < -0.3 is 4.74 Å². The average molecular weight is 214 g/mol. The third-order valence-corrected chi connectivity index (χ3v) is 3.05. The predicted octanol–water partition coefficient (Wildman–Crippen LogP) is 2.21. The number of nitrogens with one attached hydrogen (secondary N) is 1. The molecule has 1 fully saturated rings. The molecule has 3 heteroatoms. The van der Waals surface area contributed by atoms with Crippen LogP contribution in [0.2, 0.25) is 0 Å². The van der Waals surface area contributed by atoms with Gasteiger partial charge >= 0.3 is 0 Å². The summed E-state index contributed by atoms with van der Waals surface area (Å²) in [5, 5.41) is 0. The van der Waals surface area contributed by atoms with Gasteiger partial charge in [0.2, 0.25) is 0 Å². The van der Waals surface area contributed by atoms with Gasteiger partial charge in [0.25, 0.3) is 0 Å². The third-order valence-electron chi connectivity index (χ3n) is 3.05. The Hall–Kier alpha value is -0.120. The van der Waals surface area contributed by atoms with Gasteiger partial charge in [-0.15, -0.1) is 0 Å². The minimum absolute atomic E-state index is 0.394. The highest BCUT2D eigenvalue weighted by Crippen LogP contribution is 2.24. The molecule has 1 aliphatic rings. The molecule has 0 aromatic heterocycles. The number of rotatable bonds is 5. The van der Waals surface area contributed by atoms with Crippen molar-refractivity contribution >= 4 is 0 Å². The van der Waals surface area contributed by atoms with E-state index in [9.17, 15) is 0 Å². The van der Waals surface area contributed by atoms with Crippen LogP contribution in [0.4, 0.5) is 0 Å². The second kappa shape index (κ2) is 5.83. The molecular weight excluding hydrogens is 188 g/mol. The van der Waals surface area contributed by atoms with E-state index in [1.807, 2.05) is 0 Å². The van der Waals surface area contributed by atoms with Crippen LogP contribution in [0.25, 0.3) is 0 Å². The SMILES string of the molecule is CC(C)(C)CCC(CC1CCCO1)NN. The Morgan fingerprint density at radius 2 is 2.20 bits per heavy atom. The molecule has 3 nitrogen and oxygen atoms in total. The first-order valence-corrected chi connectivity index (χ1v) is 6.09. The van der Waals surface area contributed by atoms with Crippen LogP contribution in [0, 0.1) is 5.41 Å². The highest BCUT2D eigenvalue weighted by Gasteiger charge is 2.21. The highest BCUT2D eigenvalue weighted by atomic mass is 16.5. The Morgan fingerprint density at radius 3 is 2.67 bits per heavy atom. The Kier molecular flexibility index (Phi) is 5.03. The van der Waals surface area contributed by atoms with Gasteiger partial charge in [-0.1, -0.05) is 20.8 Å². The molecule has 0 spiro atoms. The molecule has 1 heterocycles. The molecular formula is C12H26N2O. The summed E-state index contributed by atoms with van der Waals surface area (Å²) in [5.74, 6) is 5.57. The Morgan fingerprint density at radius 1 is 1.47 bits per heavy atom. The number of hydrazine groups is 1. The van der Waals surface area contributed by atoms with Gasteiger partial charge in [0, 0.05) is 12.6 Å².